The summed E-state index contributed by atoms with van der Waals surface area (Å²) in [5.74, 6) is 0.852. The number of hydrogen-bond acceptors (Lipinski definition) is 8. The van der Waals surface area contributed by atoms with Gasteiger partial charge in [-0.1, -0.05) is 68.7 Å². The number of ether oxygens (including phenoxy) is 3. The molecule has 3 aromatic rings. The third-order valence-corrected chi connectivity index (χ3v) is 9.07. The van der Waals surface area contributed by atoms with Crippen LogP contribution in [0, 0.1) is 0 Å². The Morgan fingerprint density at radius 3 is 2.47 bits per heavy atom. The van der Waals surface area contributed by atoms with E-state index in [1.807, 2.05) is 73.7 Å². The molecule has 3 N–H and O–H groups in total. The zero-order valence-corrected chi connectivity index (χ0v) is 27.3. The van der Waals surface area contributed by atoms with Crippen LogP contribution in [0.1, 0.15) is 93.2 Å². The largest absolute Gasteiger partial charge is 0.459 e. The first-order chi connectivity index (χ1) is 21.9. The van der Waals surface area contributed by atoms with Crippen molar-refractivity contribution < 1.29 is 27.7 Å². The summed E-state index contributed by atoms with van der Waals surface area (Å²) in [4.78, 5) is 4.58. The van der Waals surface area contributed by atoms with Crippen molar-refractivity contribution in [2.45, 2.75) is 83.7 Å². The van der Waals surface area contributed by atoms with Gasteiger partial charge in [-0.25, -0.2) is 13.4 Å². The Bertz CT molecular complexity index is 1370. The van der Waals surface area contributed by atoms with E-state index >= 15 is 0 Å². The highest BCUT2D eigenvalue weighted by Crippen LogP contribution is 2.32. The quantitative estimate of drug-likeness (QED) is 0.114. The van der Waals surface area contributed by atoms with Crippen molar-refractivity contribution in [1.29, 1.82) is 0 Å². The van der Waals surface area contributed by atoms with Crippen molar-refractivity contribution in [2.24, 2.45) is 0 Å². The Kier molecular flexibility index (Phi) is 14.6. The van der Waals surface area contributed by atoms with Gasteiger partial charge in [-0.05, 0) is 74.9 Å². The molecule has 0 bridgehead atoms. The third-order valence-electron chi connectivity index (χ3n) is 7.70. The maximum atomic E-state index is 12.0. The molecule has 45 heavy (non-hydrogen) atoms. The van der Waals surface area contributed by atoms with E-state index in [0.29, 0.717) is 42.4 Å². The highest BCUT2D eigenvalue weighted by atomic mass is 32.2. The van der Waals surface area contributed by atoms with Crippen molar-refractivity contribution in [3.8, 4) is 5.75 Å². The fourth-order valence-corrected chi connectivity index (χ4v) is 6.34. The van der Waals surface area contributed by atoms with Crippen LogP contribution in [0.5, 0.6) is 5.75 Å². The standard InChI is InChI=1S/C35H49N3O6S/c1-2-3-25-45(40,41)38-30-18-16-28(17-19-30)13-9-12-24-42-23-11-5-4-10-22-36-26-33(39)31-20-21-34-32(37-31)27-43-35(44-34)29-14-7-6-8-15-29/h6-8,14-21,33,35-36,38-39H,2-5,9-13,22-27H2,1H3. The maximum absolute atomic E-state index is 12.0. The Morgan fingerprint density at radius 1 is 0.933 bits per heavy atom. The van der Waals surface area contributed by atoms with Gasteiger partial charge in [-0.15, -0.1) is 0 Å². The van der Waals surface area contributed by atoms with Gasteiger partial charge in [0, 0.05) is 31.0 Å². The maximum Gasteiger partial charge on any atom is 0.232 e. The number of benzene rings is 2. The van der Waals surface area contributed by atoms with Crippen LogP contribution in [-0.4, -0.2) is 50.6 Å². The number of aromatic nitrogens is 1. The molecule has 9 nitrogen and oxygen atoms in total. The molecule has 1 aromatic heterocycles. The van der Waals surface area contributed by atoms with Crippen LogP contribution in [0.2, 0.25) is 0 Å². The van der Waals surface area contributed by atoms with E-state index in [1.54, 1.807) is 0 Å². The molecule has 4 rings (SSSR count). The van der Waals surface area contributed by atoms with Gasteiger partial charge in [0.25, 0.3) is 0 Å². The predicted molar refractivity (Wildman–Crippen MR) is 178 cm³/mol. The van der Waals surface area contributed by atoms with Crippen molar-refractivity contribution in [2.75, 3.05) is 36.8 Å². The molecule has 10 heteroatoms. The van der Waals surface area contributed by atoms with E-state index in [9.17, 15) is 13.5 Å². The number of sulfonamides is 1. The molecule has 0 aliphatic carbocycles. The number of pyridine rings is 1. The second kappa shape index (κ2) is 18.8. The summed E-state index contributed by atoms with van der Waals surface area (Å²) in [6.45, 7) is 5.16. The molecule has 0 fully saturated rings. The topological polar surface area (TPSA) is 119 Å². The van der Waals surface area contributed by atoms with Crippen LogP contribution in [0.15, 0.2) is 66.7 Å². The normalized spacial score (nSPS) is 15.3. The Balaban J connectivity index is 0.974. The molecule has 0 radical (unpaired) electrons. The molecule has 2 aromatic carbocycles. The smallest absolute Gasteiger partial charge is 0.232 e. The molecular weight excluding hydrogens is 590 g/mol. The van der Waals surface area contributed by atoms with Crippen LogP contribution in [0.25, 0.3) is 0 Å². The van der Waals surface area contributed by atoms with Gasteiger partial charge >= 0.3 is 0 Å². The number of fused-ring (bicyclic) bond motifs is 1. The first-order valence-corrected chi connectivity index (χ1v) is 18.0. The zero-order valence-electron chi connectivity index (χ0n) is 26.5. The molecule has 246 valence electrons. The van der Waals surface area contributed by atoms with Gasteiger partial charge in [0.05, 0.1) is 18.1 Å². The van der Waals surface area contributed by atoms with Crippen LogP contribution < -0.4 is 14.8 Å². The van der Waals surface area contributed by atoms with Crippen LogP contribution in [0.4, 0.5) is 5.69 Å². The lowest BCUT2D eigenvalue weighted by Gasteiger charge is -2.26. The number of unbranched alkanes of at least 4 members (excludes halogenated alkanes) is 5. The Morgan fingerprint density at radius 2 is 1.69 bits per heavy atom. The average Bonchev–Trinajstić information content (AvgIpc) is 3.06. The van der Waals surface area contributed by atoms with Crippen molar-refractivity contribution in [3.05, 3.63) is 89.2 Å². The lowest BCUT2D eigenvalue weighted by atomic mass is 10.1. The molecule has 0 saturated heterocycles. The summed E-state index contributed by atoms with van der Waals surface area (Å²) in [7, 11) is -3.26. The van der Waals surface area contributed by atoms with E-state index in [4.69, 9.17) is 14.2 Å². The van der Waals surface area contributed by atoms with E-state index < -0.39 is 22.4 Å². The fourth-order valence-electron chi connectivity index (χ4n) is 5.07. The van der Waals surface area contributed by atoms with Crippen molar-refractivity contribution >= 4 is 15.7 Å². The van der Waals surface area contributed by atoms with Gasteiger partial charge in [-0.2, -0.15) is 0 Å². The number of aliphatic hydroxyl groups is 1. The first-order valence-electron chi connectivity index (χ1n) is 16.3. The minimum atomic E-state index is -3.26. The molecule has 0 amide bonds. The summed E-state index contributed by atoms with van der Waals surface area (Å²) in [6, 6.07) is 21.2. The van der Waals surface area contributed by atoms with Gasteiger partial charge in [0.15, 0.2) is 0 Å². The Hall–Kier alpha value is -3.02. The molecular formula is C35H49N3O6S. The minimum absolute atomic E-state index is 0.160. The highest BCUT2D eigenvalue weighted by Gasteiger charge is 2.24. The lowest BCUT2D eigenvalue weighted by Crippen LogP contribution is -2.24. The summed E-state index contributed by atoms with van der Waals surface area (Å²) < 4.78 is 44.3. The molecule has 2 atom stereocenters. The Labute approximate surface area is 268 Å². The second-order valence-electron chi connectivity index (χ2n) is 11.5. The van der Waals surface area contributed by atoms with Crippen molar-refractivity contribution in [1.82, 2.24) is 10.3 Å². The number of aryl methyl sites for hydroxylation is 1. The summed E-state index contributed by atoms with van der Waals surface area (Å²) in [5.41, 5.74) is 4.11. The van der Waals surface area contributed by atoms with Crippen LogP contribution in [-0.2, 0) is 32.5 Å². The minimum Gasteiger partial charge on any atom is -0.459 e. The SMILES string of the molecule is CCCCS(=O)(=O)Nc1ccc(CCCCOCCCCCCNCC(O)c2ccc3c(n2)COC(c2ccccc2)O3)cc1. The molecule has 0 spiro atoms. The van der Waals surface area contributed by atoms with Crippen LogP contribution in [0.3, 0.4) is 0 Å². The number of aliphatic hydroxyl groups excluding tert-OH is 1. The molecule has 2 heterocycles. The molecule has 0 saturated carbocycles. The molecule has 2 unspecified atom stereocenters. The fraction of sp³-hybridized carbons (Fsp3) is 0.514. The predicted octanol–water partition coefficient (Wildman–Crippen LogP) is 6.45. The van der Waals surface area contributed by atoms with E-state index in [0.717, 1.165) is 76.7 Å². The number of anilines is 1. The van der Waals surface area contributed by atoms with Crippen molar-refractivity contribution in [3.63, 3.8) is 0 Å². The first kappa shape index (κ1) is 34.8. The summed E-state index contributed by atoms with van der Waals surface area (Å²) >= 11 is 0. The monoisotopic (exact) mass is 639 g/mol. The number of nitrogens with one attached hydrogen (secondary N) is 2. The van der Waals surface area contributed by atoms with E-state index in [2.05, 4.69) is 15.0 Å². The van der Waals surface area contributed by atoms with E-state index in [1.165, 1.54) is 5.56 Å². The highest BCUT2D eigenvalue weighted by molar-refractivity contribution is 7.92. The third kappa shape index (κ3) is 12.4. The summed E-state index contributed by atoms with van der Waals surface area (Å²) in [6.07, 6.45) is 7.72. The zero-order chi connectivity index (χ0) is 31.7. The number of nitrogens with zero attached hydrogens (tertiary/aromatic N) is 1. The van der Waals surface area contributed by atoms with Gasteiger partial charge in [-0.3, -0.25) is 4.72 Å². The van der Waals surface area contributed by atoms with Gasteiger partial charge in [0.1, 0.15) is 17.5 Å². The van der Waals surface area contributed by atoms with Crippen LogP contribution >= 0.6 is 0 Å². The number of hydrogen-bond donors (Lipinski definition) is 3. The lowest BCUT2D eigenvalue weighted by molar-refractivity contribution is -0.113. The summed E-state index contributed by atoms with van der Waals surface area (Å²) in [5, 5.41) is 13.9. The molecule has 1 aliphatic rings. The second-order valence-corrected chi connectivity index (χ2v) is 13.4. The van der Waals surface area contributed by atoms with E-state index in [-0.39, 0.29) is 5.75 Å². The molecule has 1 aliphatic heterocycles. The average molecular weight is 640 g/mol. The van der Waals surface area contributed by atoms with Gasteiger partial charge in [0.2, 0.25) is 16.3 Å². The number of rotatable bonds is 21. The van der Waals surface area contributed by atoms with Gasteiger partial charge < -0.3 is 24.6 Å².